The first kappa shape index (κ1) is 31.6. The number of aliphatic hydroxyl groups excluding tert-OH is 1. The number of carbonyl (C=O) groups is 2. The van der Waals surface area contributed by atoms with Gasteiger partial charge in [-0.25, -0.2) is 22.3 Å². The van der Waals surface area contributed by atoms with E-state index in [0.717, 1.165) is 68.5 Å². The molecule has 0 saturated carbocycles. The fourth-order valence-electron chi connectivity index (χ4n) is 4.39. The molecule has 2 aromatic carbocycles. The Labute approximate surface area is 239 Å². The molecule has 0 amide bonds. The maximum Gasteiger partial charge on any atom is 0.328 e. The predicted molar refractivity (Wildman–Crippen MR) is 154 cm³/mol. The summed E-state index contributed by atoms with van der Waals surface area (Å²) in [5, 5.41) is 24.8. The van der Waals surface area contributed by atoms with Crippen LogP contribution in [0.15, 0.2) is 69.3 Å². The van der Waals surface area contributed by atoms with E-state index in [1.807, 2.05) is 24.3 Å². The number of rotatable bonds is 10. The molecule has 0 unspecified atom stereocenters. The van der Waals surface area contributed by atoms with Crippen LogP contribution in [0.4, 0.5) is 11.4 Å². The van der Waals surface area contributed by atoms with E-state index in [-0.39, 0.29) is 6.61 Å². The SMILES string of the molecule is CN(C)S(=O)(=O)c1ccc2c(c1)N(CCCN1CCN(CCO)CC1)c1ccccc1S2.O=C(O)C=CC(=O)O. The maximum atomic E-state index is 12.7. The summed E-state index contributed by atoms with van der Waals surface area (Å²) in [5.41, 5.74) is 2.10. The van der Waals surface area contributed by atoms with Crippen LogP contribution in [0, 0.1) is 0 Å². The lowest BCUT2D eigenvalue weighted by molar-refractivity contribution is -0.134. The standard InChI is InChI=1S/C23H32N4O3S2.C4H4O4/c1-24(2)32(29,30)19-8-9-23-21(18-19)27(20-6-3-4-7-22(20)31-23)11-5-10-25-12-14-26(15-13-25)16-17-28;5-3(6)1-2-4(7)8/h3-4,6-9,18,28H,5,10-17H2,1-2H3;1-2H,(H,5,6)(H,7,8). The van der Waals surface area contributed by atoms with Gasteiger partial charge in [-0.2, -0.15) is 0 Å². The molecule has 2 aliphatic heterocycles. The molecule has 40 heavy (non-hydrogen) atoms. The number of β-amino-alcohol motifs (C(OH)–C–C–N with tert-alkyl or cyclic N) is 1. The fourth-order valence-corrected chi connectivity index (χ4v) is 6.39. The molecule has 0 spiro atoms. The van der Waals surface area contributed by atoms with Gasteiger partial charge in [0, 0.05) is 75.3 Å². The van der Waals surface area contributed by atoms with Gasteiger partial charge in [-0.15, -0.1) is 0 Å². The highest BCUT2D eigenvalue weighted by molar-refractivity contribution is 7.99. The lowest BCUT2D eigenvalue weighted by Crippen LogP contribution is -2.47. The van der Waals surface area contributed by atoms with Crippen molar-refractivity contribution in [2.24, 2.45) is 0 Å². The second-order valence-electron chi connectivity index (χ2n) is 9.41. The lowest BCUT2D eigenvalue weighted by atomic mass is 10.2. The van der Waals surface area contributed by atoms with E-state index >= 15 is 0 Å². The Bertz CT molecular complexity index is 1290. The molecule has 1 saturated heterocycles. The number of carboxylic acid groups (broad SMARTS) is 2. The summed E-state index contributed by atoms with van der Waals surface area (Å²) < 4.78 is 26.7. The molecule has 0 radical (unpaired) electrons. The van der Waals surface area contributed by atoms with Crippen LogP contribution in [0.1, 0.15) is 6.42 Å². The molecule has 2 heterocycles. The van der Waals surface area contributed by atoms with Crippen LogP contribution in [-0.4, -0.2) is 116 Å². The Morgan fingerprint density at radius 2 is 1.45 bits per heavy atom. The number of para-hydroxylation sites is 1. The molecule has 0 aromatic heterocycles. The minimum absolute atomic E-state index is 0.220. The molecule has 0 bridgehead atoms. The van der Waals surface area contributed by atoms with Crippen molar-refractivity contribution in [1.82, 2.24) is 14.1 Å². The third-order valence-electron chi connectivity index (χ3n) is 6.48. The van der Waals surface area contributed by atoms with Crippen molar-refractivity contribution in [2.75, 3.05) is 71.4 Å². The Morgan fingerprint density at radius 1 is 0.875 bits per heavy atom. The number of hydrogen-bond donors (Lipinski definition) is 3. The fraction of sp³-hybridized carbons (Fsp3) is 0.407. The number of fused-ring (bicyclic) bond motifs is 2. The Kier molecular flexibility index (Phi) is 11.5. The number of aliphatic hydroxyl groups is 1. The average Bonchev–Trinajstić information content (AvgIpc) is 2.92. The van der Waals surface area contributed by atoms with Crippen molar-refractivity contribution in [2.45, 2.75) is 21.1 Å². The molecular formula is C27H36N4O7S2. The minimum Gasteiger partial charge on any atom is -0.478 e. The molecule has 3 N–H and O–H groups in total. The van der Waals surface area contributed by atoms with Crippen LogP contribution < -0.4 is 4.90 Å². The van der Waals surface area contributed by atoms with Gasteiger partial charge in [0.15, 0.2) is 0 Å². The first-order valence-electron chi connectivity index (χ1n) is 12.8. The van der Waals surface area contributed by atoms with Crippen LogP contribution in [0.5, 0.6) is 0 Å². The third-order valence-corrected chi connectivity index (χ3v) is 9.42. The number of hydrogen-bond acceptors (Lipinski definition) is 9. The molecule has 4 rings (SSSR count). The Hall–Kier alpha value is -2.94. The first-order chi connectivity index (χ1) is 19.0. The normalized spacial score (nSPS) is 15.8. The van der Waals surface area contributed by atoms with Crippen molar-refractivity contribution >= 4 is 45.1 Å². The average molecular weight is 593 g/mol. The van der Waals surface area contributed by atoms with Gasteiger partial charge in [0.1, 0.15) is 0 Å². The number of carboxylic acids is 2. The molecule has 2 aromatic rings. The first-order valence-corrected chi connectivity index (χ1v) is 15.1. The van der Waals surface area contributed by atoms with E-state index < -0.39 is 22.0 Å². The minimum atomic E-state index is -3.49. The number of aliphatic carboxylic acids is 2. The van der Waals surface area contributed by atoms with Gasteiger partial charge in [0.05, 0.1) is 22.9 Å². The summed E-state index contributed by atoms with van der Waals surface area (Å²) in [6.07, 6.45) is 2.10. The van der Waals surface area contributed by atoms with Crippen LogP contribution in [0.3, 0.4) is 0 Å². The monoisotopic (exact) mass is 592 g/mol. The number of sulfonamides is 1. The molecular weight excluding hydrogens is 556 g/mol. The van der Waals surface area contributed by atoms with Gasteiger partial charge >= 0.3 is 11.9 Å². The van der Waals surface area contributed by atoms with Crippen LogP contribution in [-0.2, 0) is 19.6 Å². The zero-order chi connectivity index (χ0) is 29.3. The van der Waals surface area contributed by atoms with Gasteiger partial charge in [-0.1, -0.05) is 23.9 Å². The summed E-state index contributed by atoms with van der Waals surface area (Å²) in [5.74, 6) is -2.51. The van der Waals surface area contributed by atoms with Crippen molar-refractivity contribution in [3.05, 3.63) is 54.6 Å². The second-order valence-corrected chi connectivity index (χ2v) is 12.6. The van der Waals surface area contributed by atoms with Crippen LogP contribution in [0.25, 0.3) is 0 Å². The molecule has 0 atom stereocenters. The summed E-state index contributed by atoms with van der Waals surface area (Å²) in [4.78, 5) is 28.8. The largest absolute Gasteiger partial charge is 0.478 e. The number of anilines is 2. The quantitative estimate of drug-likeness (QED) is 0.350. The zero-order valence-electron chi connectivity index (χ0n) is 22.6. The Balaban J connectivity index is 0.000000482. The topological polar surface area (TPSA) is 142 Å². The highest BCUT2D eigenvalue weighted by Crippen LogP contribution is 2.48. The number of piperazine rings is 1. The molecule has 13 heteroatoms. The number of nitrogens with zero attached hydrogens (tertiary/aromatic N) is 4. The molecule has 2 aliphatic rings. The van der Waals surface area contributed by atoms with Crippen molar-refractivity contribution in [3.63, 3.8) is 0 Å². The molecule has 11 nitrogen and oxygen atoms in total. The Morgan fingerprint density at radius 3 is 2.02 bits per heavy atom. The van der Waals surface area contributed by atoms with E-state index in [2.05, 4.69) is 26.8 Å². The number of benzene rings is 2. The summed E-state index contributed by atoms with van der Waals surface area (Å²) in [7, 11) is -0.359. The van der Waals surface area contributed by atoms with Crippen LogP contribution in [0.2, 0.25) is 0 Å². The third kappa shape index (κ3) is 8.53. The van der Waals surface area contributed by atoms with Gasteiger partial charge in [-0.3, -0.25) is 4.90 Å². The molecule has 1 fully saturated rings. The summed E-state index contributed by atoms with van der Waals surface area (Å²) >= 11 is 1.69. The lowest BCUT2D eigenvalue weighted by Gasteiger charge is -2.36. The van der Waals surface area contributed by atoms with E-state index in [9.17, 15) is 18.0 Å². The van der Waals surface area contributed by atoms with Crippen molar-refractivity contribution in [3.8, 4) is 0 Å². The van der Waals surface area contributed by atoms with E-state index in [1.54, 1.807) is 31.9 Å². The van der Waals surface area contributed by atoms with Gasteiger partial charge in [-0.05, 0) is 43.3 Å². The van der Waals surface area contributed by atoms with Gasteiger partial charge < -0.3 is 25.1 Å². The van der Waals surface area contributed by atoms with E-state index in [1.165, 1.54) is 9.20 Å². The highest BCUT2D eigenvalue weighted by atomic mass is 32.2. The van der Waals surface area contributed by atoms with Crippen molar-refractivity contribution < 1.29 is 33.3 Å². The highest BCUT2D eigenvalue weighted by Gasteiger charge is 2.27. The molecule has 0 aliphatic carbocycles. The maximum absolute atomic E-state index is 12.7. The van der Waals surface area contributed by atoms with Gasteiger partial charge in [0.2, 0.25) is 10.0 Å². The summed E-state index contributed by atoms with van der Waals surface area (Å²) in [6, 6.07) is 13.8. The van der Waals surface area contributed by atoms with E-state index in [4.69, 9.17) is 15.3 Å². The molecule has 218 valence electrons. The van der Waals surface area contributed by atoms with Gasteiger partial charge in [0.25, 0.3) is 0 Å². The smallest absolute Gasteiger partial charge is 0.328 e. The second kappa shape index (κ2) is 14.6. The van der Waals surface area contributed by atoms with Crippen molar-refractivity contribution in [1.29, 1.82) is 0 Å². The predicted octanol–water partition coefficient (Wildman–Crippen LogP) is 2.25. The zero-order valence-corrected chi connectivity index (χ0v) is 24.3. The van der Waals surface area contributed by atoms with Crippen LogP contribution >= 0.6 is 11.8 Å². The summed E-state index contributed by atoms with van der Waals surface area (Å²) in [6.45, 7) is 6.85. The van der Waals surface area contributed by atoms with E-state index in [0.29, 0.717) is 17.0 Å².